The topological polar surface area (TPSA) is 152 Å². The first-order valence-corrected chi connectivity index (χ1v) is 22.5. The standard InChI is InChI=1S/C48H80O10/c1-3-5-7-9-11-13-15-17-18-19-20-21-22-23-25-26-28-30-32-34-36-43(50)55-39-41(40-56-48-47(54)46(53)45(52)42(38-49)58-48)57-44(51)37-35-33-31-29-27-24-16-14-12-10-8-6-4-2/h5-8,10-14,16-18,41-42,45-49,52-54H,3-4,9,15,19-40H2,1-2H3/b7-5+,8-6+,12-10+,13-11+,16-14+,18-17+/t41?,42-,45+,46?,47?,48-/m0/s1. The highest BCUT2D eigenvalue weighted by molar-refractivity contribution is 5.70. The Kier molecular flexibility index (Phi) is 35.1. The van der Waals surface area contributed by atoms with E-state index in [-0.39, 0.29) is 32.0 Å². The third kappa shape index (κ3) is 29.4. The molecule has 1 aliphatic heterocycles. The molecule has 0 spiro atoms. The smallest absolute Gasteiger partial charge is 0.306 e. The van der Waals surface area contributed by atoms with E-state index in [0.717, 1.165) is 83.5 Å². The molecule has 1 aliphatic rings. The fourth-order valence-electron chi connectivity index (χ4n) is 6.38. The molecule has 0 aromatic heterocycles. The van der Waals surface area contributed by atoms with Crippen LogP contribution >= 0.6 is 0 Å². The summed E-state index contributed by atoms with van der Waals surface area (Å²) >= 11 is 0. The number of aliphatic hydroxyl groups excluding tert-OH is 4. The van der Waals surface area contributed by atoms with Crippen molar-refractivity contribution >= 4 is 11.9 Å². The van der Waals surface area contributed by atoms with Crippen LogP contribution in [0.25, 0.3) is 0 Å². The Hall–Kier alpha value is -2.86. The van der Waals surface area contributed by atoms with Gasteiger partial charge in [-0.3, -0.25) is 9.59 Å². The average Bonchev–Trinajstić information content (AvgIpc) is 3.22. The van der Waals surface area contributed by atoms with Crippen LogP contribution in [0.5, 0.6) is 0 Å². The maximum atomic E-state index is 12.7. The molecule has 6 atom stereocenters. The summed E-state index contributed by atoms with van der Waals surface area (Å²) in [5.41, 5.74) is 0. The molecule has 0 aliphatic carbocycles. The van der Waals surface area contributed by atoms with Gasteiger partial charge in [0.05, 0.1) is 13.2 Å². The second-order valence-electron chi connectivity index (χ2n) is 15.1. The highest BCUT2D eigenvalue weighted by Crippen LogP contribution is 2.22. The van der Waals surface area contributed by atoms with E-state index in [0.29, 0.717) is 12.8 Å². The summed E-state index contributed by atoms with van der Waals surface area (Å²) in [5, 5.41) is 40.1. The highest BCUT2D eigenvalue weighted by Gasteiger charge is 2.44. The minimum atomic E-state index is -1.60. The quantitative estimate of drug-likeness (QED) is 0.0208. The van der Waals surface area contributed by atoms with Gasteiger partial charge in [0.2, 0.25) is 0 Å². The fourth-order valence-corrected chi connectivity index (χ4v) is 6.38. The van der Waals surface area contributed by atoms with E-state index in [1.807, 2.05) is 18.2 Å². The lowest BCUT2D eigenvalue weighted by molar-refractivity contribution is -0.305. The zero-order valence-corrected chi connectivity index (χ0v) is 36.0. The van der Waals surface area contributed by atoms with Crippen LogP contribution < -0.4 is 0 Å². The first kappa shape index (κ1) is 53.2. The number of allylic oxidation sites excluding steroid dienone is 12. The highest BCUT2D eigenvalue weighted by atomic mass is 16.7. The summed E-state index contributed by atoms with van der Waals surface area (Å²) in [5.74, 6) is -0.841. The normalized spacial score (nSPS) is 20.8. The number of hydrogen-bond acceptors (Lipinski definition) is 10. The Morgan fingerprint density at radius 3 is 1.64 bits per heavy atom. The number of hydrogen-bond donors (Lipinski definition) is 4. The molecule has 1 saturated heterocycles. The molecule has 3 unspecified atom stereocenters. The molecule has 10 nitrogen and oxygen atoms in total. The Morgan fingerprint density at radius 2 is 1.05 bits per heavy atom. The monoisotopic (exact) mass is 817 g/mol. The zero-order chi connectivity index (χ0) is 42.3. The largest absolute Gasteiger partial charge is 0.462 e. The predicted molar refractivity (Wildman–Crippen MR) is 233 cm³/mol. The van der Waals surface area contributed by atoms with Crippen molar-refractivity contribution in [3.05, 3.63) is 72.9 Å². The second kappa shape index (κ2) is 38.3. The van der Waals surface area contributed by atoms with Crippen molar-refractivity contribution in [2.45, 2.75) is 198 Å². The van der Waals surface area contributed by atoms with Crippen LogP contribution in [0.3, 0.4) is 0 Å². The van der Waals surface area contributed by atoms with Crippen LogP contribution in [-0.4, -0.2) is 89.0 Å². The number of rotatable bonds is 36. The number of esters is 2. The van der Waals surface area contributed by atoms with Crippen molar-refractivity contribution in [1.29, 1.82) is 0 Å². The molecule has 332 valence electrons. The van der Waals surface area contributed by atoms with Gasteiger partial charge in [0.15, 0.2) is 12.4 Å². The van der Waals surface area contributed by atoms with Crippen LogP contribution in [0, 0.1) is 0 Å². The van der Waals surface area contributed by atoms with Crippen LogP contribution in [0.15, 0.2) is 72.9 Å². The number of aliphatic hydroxyl groups is 4. The van der Waals surface area contributed by atoms with Crippen LogP contribution in [0.4, 0.5) is 0 Å². The first-order valence-electron chi connectivity index (χ1n) is 22.5. The van der Waals surface area contributed by atoms with Gasteiger partial charge in [-0.2, -0.15) is 0 Å². The predicted octanol–water partition coefficient (Wildman–Crippen LogP) is 9.61. The van der Waals surface area contributed by atoms with Crippen LogP contribution in [0.1, 0.15) is 162 Å². The van der Waals surface area contributed by atoms with E-state index in [1.54, 1.807) is 0 Å². The summed E-state index contributed by atoms with van der Waals surface area (Å²) in [6.45, 7) is 3.14. The van der Waals surface area contributed by atoms with Gasteiger partial charge in [0.25, 0.3) is 0 Å². The van der Waals surface area contributed by atoms with Gasteiger partial charge in [-0.05, 0) is 64.2 Å². The molecule has 0 aromatic rings. The number of ether oxygens (including phenoxy) is 4. The molecular weight excluding hydrogens is 737 g/mol. The van der Waals surface area contributed by atoms with Gasteiger partial charge in [-0.15, -0.1) is 0 Å². The van der Waals surface area contributed by atoms with E-state index in [4.69, 9.17) is 18.9 Å². The number of carbonyl (C=O) groups is 2. The summed E-state index contributed by atoms with van der Waals surface area (Å²) in [6.07, 6.45) is 40.5. The molecule has 4 N–H and O–H groups in total. The molecule has 1 fully saturated rings. The molecule has 0 bridgehead atoms. The van der Waals surface area contributed by atoms with Crippen molar-refractivity contribution in [1.82, 2.24) is 0 Å². The van der Waals surface area contributed by atoms with Gasteiger partial charge in [0, 0.05) is 12.8 Å². The second-order valence-corrected chi connectivity index (χ2v) is 15.1. The van der Waals surface area contributed by atoms with Crippen molar-refractivity contribution in [3.8, 4) is 0 Å². The minimum absolute atomic E-state index is 0.203. The van der Waals surface area contributed by atoms with Crippen molar-refractivity contribution in [2.24, 2.45) is 0 Å². The van der Waals surface area contributed by atoms with Crippen molar-refractivity contribution in [2.75, 3.05) is 19.8 Å². The zero-order valence-electron chi connectivity index (χ0n) is 36.0. The lowest BCUT2D eigenvalue weighted by Crippen LogP contribution is -2.59. The average molecular weight is 817 g/mol. The molecule has 0 saturated carbocycles. The third-order valence-corrected chi connectivity index (χ3v) is 9.90. The molecule has 0 aromatic carbocycles. The van der Waals surface area contributed by atoms with Gasteiger partial charge in [-0.1, -0.05) is 157 Å². The Morgan fingerprint density at radius 1 is 0.552 bits per heavy atom. The molecule has 0 radical (unpaired) electrons. The van der Waals surface area contributed by atoms with Crippen LogP contribution in [0.2, 0.25) is 0 Å². The van der Waals surface area contributed by atoms with Crippen LogP contribution in [-0.2, 0) is 28.5 Å². The van der Waals surface area contributed by atoms with E-state index in [1.165, 1.54) is 38.5 Å². The molecule has 58 heavy (non-hydrogen) atoms. The molecule has 1 heterocycles. The van der Waals surface area contributed by atoms with Gasteiger partial charge in [-0.25, -0.2) is 0 Å². The van der Waals surface area contributed by atoms with E-state index >= 15 is 0 Å². The summed E-state index contributed by atoms with van der Waals surface area (Å²) < 4.78 is 22.1. The Labute approximate surface area is 351 Å². The fraction of sp³-hybridized carbons (Fsp3) is 0.708. The molecular formula is C48H80O10. The lowest BCUT2D eigenvalue weighted by Gasteiger charge is -2.39. The first-order chi connectivity index (χ1) is 28.3. The lowest BCUT2D eigenvalue weighted by atomic mass is 9.99. The summed E-state index contributed by atoms with van der Waals surface area (Å²) in [6, 6.07) is 0. The Balaban J connectivity index is 2.31. The summed E-state index contributed by atoms with van der Waals surface area (Å²) in [4.78, 5) is 25.3. The van der Waals surface area contributed by atoms with E-state index < -0.39 is 49.4 Å². The maximum Gasteiger partial charge on any atom is 0.306 e. The van der Waals surface area contributed by atoms with Crippen molar-refractivity contribution in [3.63, 3.8) is 0 Å². The van der Waals surface area contributed by atoms with E-state index in [2.05, 4.69) is 68.5 Å². The maximum absolute atomic E-state index is 12.7. The molecule has 10 heteroatoms. The summed E-state index contributed by atoms with van der Waals surface area (Å²) in [7, 11) is 0. The number of carbonyl (C=O) groups excluding carboxylic acids is 2. The van der Waals surface area contributed by atoms with Gasteiger partial charge >= 0.3 is 11.9 Å². The SMILES string of the molecule is CC/C=C/C=C/C=C/CCCCCCCC(=O)OC(COC(=O)CCCCCCCCCCCC/C=C/C/C=C/C/C=C/CC)CO[C@H]1O[C@@H](CO)[C@@H](O)C(O)C1O. The minimum Gasteiger partial charge on any atom is -0.462 e. The van der Waals surface area contributed by atoms with Gasteiger partial charge in [0.1, 0.15) is 31.0 Å². The number of unbranched alkanes of at least 4 members (excludes halogenated alkanes) is 15. The molecule has 0 amide bonds. The van der Waals surface area contributed by atoms with E-state index in [9.17, 15) is 30.0 Å². The Bertz CT molecular complexity index is 1170. The third-order valence-electron chi connectivity index (χ3n) is 9.90. The van der Waals surface area contributed by atoms with Gasteiger partial charge < -0.3 is 39.4 Å². The molecule has 1 rings (SSSR count). The van der Waals surface area contributed by atoms with Crippen molar-refractivity contribution < 1.29 is 49.0 Å².